The zero-order chi connectivity index (χ0) is 16.1. The highest BCUT2D eigenvalue weighted by molar-refractivity contribution is 7.98. The molecule has 0 saturated carbocycles. The van der Waals surface area contributed by atoms with Crippen LogP contribution in [0.1, 0.15) is 36.8 Å². The minimum absolute atomic E-state index is 0.387. The smallest absolute Gasteiger partial charge is 0.118 e. The number of benzene rings is 2. The van der Waals surface area contributed by atoms with Crippen molar-refractivity contribution in [2.75, 3.05) is 13.7 Å². The lowest BCUT2D eigenvalue weighted by Gasteiger charge is -2.27. The Kier molecular flexibility index (Phi) is 5.63. The Morgan fingerprint density at radius 1 is 1.09 bits per heavy atom. The number of thioether (sulfide) groups is 1. The van der Waals surface area contributed by atoms with Gasteiger partial charge in [-0.15, -0.1) is 11.8 Å². The van der Waals surface area contributed by atoms with Gasteiger partial charge >= 0.3 is 0 Å². The standard InChI is InChI=1S/C20H24O2S/c1-15-13-18(11-12-22-15)17-5-9-20(10-6-17)23-14-16-3-7-19(21-2)8-4-16/h3-10,15,18H,11-14H2,1-2H3. The number of ether oxygens (including phenoxy) is 2. The van der Waals surface area contributed by atoms with Crippen LogP contribution in [0.3, 0.4) is 0 Å². The van der Waals surface area contributed by atoms with Crippen LogP contribution in [0.5, 0.6) is 5.75 Å². The van der Waals surface area contributed by atoms with Gasteiger partial charge in [-0.05, 0) is 61.1 Å². The van der Waals surface area contributed by atoms with Crippen LogP contribution in [0.15, 0.2) is 53.4 Å². The molecule has 1 heterocycles. The molecule has 3 heteroatoms. The number of methoxy groups -OCH3 is 1. The van der Waals surface area contributed by atoms with Gasteiger partial charge in [0.15, 0.2) is 0 Å². The van der Waals surface area contributed by atoms with Gasteiger partial charge in [-0.25, -0.2) is 0 Å². The van der Waals surface area contributed by atoms with E-state index in [0.717, 1.165) is 31.0 Å². The molecule has 2 nitrogen and oxygen atoms in total. The molecule has 2 aromatic carbocycles. The maximum Gasteiger partial charge on any atom is 0.118 e. The van der Waals surface area contributed by atoms with Crippen LogP contribution in [0.4, 0.5) is 0 Å². The van der Waals surface area contributed by atoms with E-state index < -0.39 is 0 Å². The van der Waals surface area contributed by atoms with Crippen molar-refractivity contribution in [3.8, 4) is 5.75 Å². The van der Waals surface area contributed by atoms with E-state index in [4.69, 9.17) is 9.47 Å². The molecule has 1 saturated heterocycles. The molecule has 122 valence electrons. The Morgan fingerprint density at radius 3 is 2.48 bits per heavy atom. The molecule has 2 aromatic rings. The number of rotatable bonds is 5. The van der Waals surface area contributed by atoms with Crippen molar-refractivity contribution in [2.24, 2.45) is 0 Å². The Balaban J connectivity index is 1.56. The Hall–Kier alpha value is -1.45. The molecular formula is C20H24O2S. The summed E-state index contributed by atoms with van der Waals surface area (Å²) in [5.41, 5.74) is 2.77. The number of hydrogen-bond acceptors (Lipinski definition) is 3. The first kappa shape index (κ1) is 16.4. The maximum atomic E-state index is 5.64. The normalized spacial score (nSPS) is 21.1. The average Bonchev–Trinajstić information content (AvgIpc) is 2.61. The Bertz CT molecular complexity index is 607. The van der Waals surface area contributed by atoms with Gasteiger partial charge in [-0.2, -0.15) is 0 Å². The molecule has 3 rings (SSSR count). The summed E-state index contributed by atoms with van der Waals surface area (Å²) < 4.78 is 10.8. The first-order valence-corrected chi connectivity index (χ1v) is 9.20. The fraction of sp³-hybridized carbons (Fsp3) is 0.400. The second-order valence-electron chi connectivity index (χ2n) is 6.11. The molecule has 0 aromatic heterocycles. The van der Waals surface area contributed by atoms with Gasteiger partial charge in [0.05, 0.1) is 13.2 Å². The van der Waals surface area contributed by atoms with Gasteiger partial charge < -0.3 is 9.47 Å². The van der Waals surface area contributed by atoms with Gasteiger partial charge in [0, 0.05) is 17.3 Å². The molecule has 0 amide bonds. The van der Waals surface area contributed by atoms with Crippen LogP contribution in [0.2, 0.25) is 0 Å². The first-order chi connectivity index (χ1) is 11.2. The third-order valence-corrected chi connectivity index (χ3v) is 5.48. The van der Waals surface area contributed by atoms with Crippen LogP contribution in [0.25, 0.3) is 0 Å². The summed E-state index contributed by atoms with van der Waals surface area (Å²) in [6.07, 6.45) is 2.67. The van der Waals surface area contributed by atoms with E-state index in [-0.39, 0.29) is 0 Å². The second kappa shape index (κ2) is 7.89. The lowest BCUT2D eigenvalue weighted by molar-refractivity contribution is 0.0186. The van der Waals surface area contributed by atoms with Crippen molar-refractivity contribution in [1.29, 1.82) is 0 Å². The van der Waals surface area contributed by atoms with E-state index in [1.165, 1.54) is 16.0 Å². The van der Waals surface area contributed by atoms with E-state index in [2.05, 4.69) is 43.3 Å². The van der Waals surface area contributed by atoms with E-state index >= 15 is 0 Å². The molecule has 2 atom stereocenters. The monoisotopic (exact) mass is 328 g/mol. The van der Waals surface area contributed by atoms with Gasteiger partial charge in [0.2, 0.25) is 0 Å². The largest absolute Gasteiger partial charge is 0.497 e. The summed E-state index contributed by atoms with van der Waals surface area (Å²) in [6.45, 7) is 3.06. The molecule has 0 radical (unpaired) electrons. The summed E-state index contributed by atoms with van der Waals surface area (Å²) in [6, 6.07) is 17.4. The van der Waals surface area contributed by atoms with Crippen LogP contribution in [-0.4, -0.2) is 19.8 Å². The molecule has 1 aliphatic heterocycles. The maximum absolute atomic E-state index is 5.64. The topological polar surface area (TPSA) is 18.5 Å². The average molecular weight is 328 g/mol. The van der Waals surface area contributed by atoms with E-state index in [1.807, 2.05) is 23.9 Å². The highest BCUT2D eigenvalue weighted by Gasteiger charge is 2.20. The van der Waals surface area contributed by atoms with Crippen molar-refractivity contribution >= 4 is 11.8 Å². The van der Waals surface area contributed by atoms with Gasteiger partial charge in [0.25, 0.3) is 0 Å². The highest BCUT2D eigenvalue weighted by atomic mass is 32.2. The molecule has 1 fully saturated rings. The molecule has 23 heavy (non-hydrogen) atoms. The minimum Gasteiger partial charge on any atom is -0.497 e. The van der Waals surface area contributed by atoms with E-state index in [1.54, 1.807) is 7.11 Å². The Labute approximate surface area is 143 Å². The third kappa shape index (κ3) is 4.52. The summed E-state index contributed by atoms with van der Waals surface area (Å²) in [4.78, 5) is 1.32. The molecule has 0 bridgehead atoms. The van der Waals surface area contributed by atoms with Crippen molar-refractivity contribution in [1.82, 2.24) is 0 Å². The van der Waals surface area contributed by atoms with Crippen LogP contribution in [0, 0.1) is 0 Å². The number of hydrogen-bond donors (Lipinski definition) is 0. The van der Waals surface area contributed by atoms with Crippen LogP contribution >= 0.6 is 11.8 Å². The second-order valence-corrected chi connectivity index (χ2v) is 7.16. The molecule has 0 aliphatic carbocycles. The van der Waals surface area contributed by atoms with Gasteiger partial charge in [0.1, 0.15) is 5.75 Å². The van der Waals surface area contributed by atoms with E-state index in [0.29, 0.717) is 12.0 Å². The summed E-state index contributed by atoms with van der Waals surface area (Å²) >= 11 is 1.88. The van der Waals surface area contributed by atoms with E-state index in [9.17, 15) is 0 Å². The van der Waals surface area contributed by atoms with Crippen LogP contribution in [-0.2, 0) is 10.5 Å². The molecular weight excluding hydrogens is 304 g/mol. The quantitative estimate of drug-likeness (QED) is 0.697. The SMILES string of the molecule is COc1ccc(CSc2ccc(C3CCOC(C)C3)cc2)cc1. The van der Waals surface area contributed by atoms with Crippen LogP contribution < -0.4 is 4.74 Å². The van der Waals surface area contributed by atoms with Crippen molar-refractivity contribution in [2.45, 2.75) is 42.4 Å². The predicted octanol–water partition coefficient (Wildman–Crippen LogP) is 5.27. The third-order valence-electron chi connectivity index (χ3n) is 4.40. The summed E-state index contributed by atoms with van der Waals surface area (Å²) in [5, 5.41) is 0. The zero-order valence-electron chi connectivity index (χ0n) is 13.8. The molecule has 0 spiro atoms. The first-order valence-electron chi connectivity index (χ1n) is 8.22. The Morgan fingerprint density at radius 2 is 1.83 bits per heavy atom. The fourth-order valence-electron chi connectivity index (χ4n) is 3.03. The molecule has 0 N–H and O–H groups in total. The van der Waals surface area contributed by atoms with Crippen molar-refractivity contribution in [3.63, 3.8) is 0 Å². The molecule has 2 unspecified atom stereocenters. The minimum atomic E-state index is 0.387. The fourth-order valence-corrected chi connectivity index (χ4v) is 3.88. The van der Waals surface area contributed by atoms with Gasteiger partial charge in [-0.3, -0.25) is 0 Å². The van der Waals surface area contributed by atoms with Gasteiger partial charge in [-0.1, -0.05) is 24.3 Å². The lowest BCUT2D eigenvalue weighted by atomic mass is 9.89. The highest BCUT2D eigenvalue weighted by Crippen LogP contribution is 2.32. The zero-order valence-corrected chi connectivity index (χ0v) is 14.6. The predicted molar refractivity (Wildman–Crippen MR) is 96.4 cm³/mol. The van der Waals surface area contributed by atoms with Crippen molar-refractivity contribution in [3.05, 3.63) is 59.7 Å². The summed E-state index contributed by atoms with van der Waals surface area (Å²) in [7, 11) is 1.70. The molecule has 1 aliphatic rings. The lowest BCUT2D eigenvalue weighted by Crippen LogP contribution is -2.21. The van der Waals surface area contributed by atoms with Crippen molar-refractivity contribution < 1.29 is 9.47 Å². The summed E-state index contributed by atoms with van der Waals surface area (Å²) in [5.74, 6) is 2.55.